The highest BCUT2D eigenvalue weighted by molar-refractivity contribution is 5.77. The number of rotatable bonds is 5. The summed E-state index contributed by atoms with van der Waals surface area (Å²) >= 11 is 0. The molecule has 2 rings (SSSR count). The van der Waals surface area contributed by atoms with E-state index in [0.717, 1.165) is 25.1 Å². The molecule has 3 heteroatoms. The van der Waals surface area contributed by atoms with E-state index in [-0.39, 0.29) is 5.92 Å². The van der Waals surface area contributed by atoms with E-state index in [4.69, 9.17) is 0 Å². The third-order valence-electron chi connectivity index (χ3n) is 3.64. The van der Waals surface area contributed by atoms with E-state index in [0.29, 0.717) is 6.54 Å². The second kappa shape index (κ2) is 6.01. The summed E-state index contributed by atoms with van der Waals surface area (Å²) in [6, 6.07) is 7.93. The van der Waals surface area contributed by atoms with Gasteiger partial charge in [0.2, 0.25) is 0 Å². The lowest BCUT2D eigenvalue weighted by molar-refractivity contribution is -0.139. The summed E-state index contributed by atoms with van der Waals surface area (Å²) in [4.78, 5) is 13.6. The quantitative estimate of drug-likeness (QED) is 0.813. The second-order valence-corrected chi connectivity index (χ2v) is 5.03. The highest BCUT2D eigenvalue weighted by Crippen LogP contribution is 2.28. The Hall–Kier alpha value is -1.35. The third kappa shape index (κ3) is 2.91. The first kappa shape index (κ1) is 13.1. The predicted octanol–water partition coefficient (Wildman–Crippen LogP) is 2.86. The molecular weight excluding hydrogens is 226 g/mol. The van der Waals surface area contributed by atoms with Crippen LogP contribution in [0.2, 0.25) is 0 Å². The van der Waals surface area contributed by atoms with Crippen molar-refractivity contribution in [3.8, 4) is 0 Å². The maximum atomic E-state index is 11.4. The molecule has 0 fully saturated rings. The van der Waals surface area contributed by atoms with Gasteiger partial charge < -0.3 is 5.11 Å². The van der Waals surface area contributed by atoms with Crippen molar-refractivity contribution in [3.63, 3.8) is 0 Å². The maximum Gasteiger partial charge on any atom is 0.312 e. The van der Waals surface area contributed by atoms with E-state index in [9.17, 15) is 9.90 Å². The Balaban J connectivity index is 2.10. The first-order valence-corrected chi connectivity index (χ1v) is 6.75. The zero-order valence-electron chi connectivity index (χ0n) is 10.9. The molecule has 0 aliphatic carbocycles. The summed E-state index contributed by atoms with van der Waals surface area (Å²) in [5.41, 5.74) is 2.17. The second-order valence-electron chi connectivity index (χ2n) is 5.03. The highest BCUT2D eigenvalue weighted by Gasteiger charge is 2.29. The van der Waals surface area contributed by atoms with Gasteiger partial charge in [-0.1, -0.05) is 44.0 Å². The van der Waals surface area contributed by atoms with Crippen LogP contribution in [0.1, 0.15) is 43.2 Å². The fraction of sp³-hybridized carbons (Fsp3) is 0.533. The first-order chi connectivity index (χ1) is 8.72. The van der Waals surface area contributed by atoms with Gasteiger partial charge in [-0.25, -0.2) is 0 Å². The number of nitrogens with zero attached hydrogens (tertiary/aromatic N) is 1. The van der Waals surface area contributed by atoms with Crippen molar-refractivity contribution in [1.82, 2.24) is 4.90 Å². The summed E-state index contributed by atoms with van der Waals surface area (Å²) in [5, 5.41) is 9.35. The molecule has 0 saturated carbocycles. The topological polar surface area (TPSA) is 40.5 Å². The highest BCUT2D eigenvalue weighted by atomic mass is 16.4. The minimum Gasteiger partial charge on any atom is -0.481 e. The van der Waals surface area contributed by atoms with Gasteiger partial charge in [0.1, 0.15) is 0 Å². The molecule has 1 unspecified atom stereocenters. The van der Waals surface area contributed by atoms with Crippen LogP contribution in [0.4, 0.5) is 0 Å². The zero-order valence-corrected chi connectivity index (χ0v) is 10.9. The fourth-order valence-corrected chi connectivity index (χ4v) is 2.65. The van der Waals surface area contributed by atoms with Gasteiger partial charge in [-0.15, -0.1) is 0 Å². The number of carbonyl (C=O) groups is 1. The lowest BCUT2D eigenvalue weighted by Crippen LogP contribution is -2.37. The molecule has 1 aromatic rings. The van der Waals surface area contributed by atoms with Crippen LogP contribution in [-0.2, 0) is 11.3 Å². The van der Waals surface area contributed by atoms with Crippen molar-refractivity contribution in [1.29, 1.82) is 0 Å². The van der Waals surface area contributed by atoms with E-state index in [1.165, 1.54) is 18.4 Å². The van der Waals surface area contributed by atoms with Gasteiger partial charge in [0.25, 0.3) is 0 Å². The van der Waals surface area contributed by atoms with Crippen LogP contribution in [0.3, 0.4) is 0 Å². The number of carboxylic acid groups (broad SMARTS) is 1. The average Bonchev–Trinajstić information content (AvgIpc) is 2.38. The van der Waals surface area contributed by atoms with Crippen molar-refractivity contribution in [2.45, 2.75) is 38.6 Å². The monoisotopic (exact) mass is 247 g/mol. The molecule has 1 aliphatic rings. The molecule has 0 aromatic heterocycles. The molecule has 0 spiro atoms. The van der Waals surface area contributed by atoms with Crippen LogP contribution in [0.25, 0.3) is 0 Å². The van der Waals surface area contributed by atoms with Crippen molar-refractivity contribution >= 4 is 5.97 Å². The fourth-order valence-electron chi connectivity index (χ4n) is 2.65. The summed E-state index contributed by atoms with van der Waals surface area (Å²) in [7, 11) is 0. The number of carboxylic acids is 1. The minimum atomic E-state index is -0.706. The Labute approximate surface area is 108 Å². The van der Waals surface area contributed by atoms with Crippen LogP contribution >= 0.6 is 0 Å². The van der Waals surface area contributed by atoms with Crippen molar-refractivity contribution < 1.29 is 9.90 Å². The summed E-state index contributed by atoms with van der Waals surface area (Å²) in [5.74, 6) is -1.07. The molecule has 0 bridgehead atoms. The smallest absolute Gasteiger partial charge is 0.312 e. The molecule has 0 saturated heterocycles. The Bertz CT molecular complexity index is 417. The summed E-state index contributed by atoms with van der Waals surface area (Å²) in [6.07, 6.45) is 3.58. The Morgan fingerprint density at radius 1 is 1.39 bits per heavy atom. The molecule has 18 heavy (non-hydrogen) atoms. The average molecular weight is 247 g/mol. The van der Waals surface area contributed by atoms with Crippen molar-refractivity contribution in [2.24, 2.45) is 0 Å². The molecule has 3 nitrogen and oxygen atoms in total. The van der Waals surface area contributed by atoms with Gasteiger partial charge in [-0.3, -0.25) is 9.69 Å². The van der Waals surface area contributed by atoms with Gasteiger partial charge in [0.05, 0.1) is 5.92 Å². The normalized spacial score (nSPS) is 19.5. The van der Waals surface area contributed by atoms with Gasteiger partial charge in [0.15, 0.2) is 0 Å². The molecule has 1 heterocycles. The van der Waals surface area contributed by atoms with E-state index in [1.54, 1.807) is 0 Å². The number of hydrogen-bond acceptors (Lipinski definition) is 2. The van der Waals surface area contributed by atoms with E-state index in [2.05, 4.69) is 17.9 Å². The lowest BCUT2D eigenvalue weighted by Gasteiger charge is -2.32. The van der Waals surface area contributed by atoms with Gasteiger partial charge in [-0.05, 0) is 24.1 Å². The van der Waals surface area contributed by atoms with E-state index in [1.807, 2.05) is 18.2 Å². The van der Waals surface area contributed by atoms with Gasteiger partial charge >= 0.3 is 5.97 Å². The predicted molar refractivity (Wildman–Crippen MR) is 71.6 cm³/mol. The Kier molecular flexibility index (Phi) is 4.37. The third-order valence-corrected chi connectivity index (χ3v) is 3.64. The molecule has 1 aromatic carbocycles. The molecule has 0 amide bonds. The largest absolute Gasteiger partial charge is 0.481 e. The zero-order chi connectivity index (χ0) is 13.0. The molecule has 1 atom stereocenters. The number of hydrogen-bond donors (Lipinski definition) is 1. The van der Waals surface area contributed by atoms with E-state index >= 15 is 0 Å². The van der Waals surface area contributed by atoms with Crippen LogP contribution < -0.4 is 0 Å². The number of unbranched alkanes of at least 4 members (excludes halogenated alkanes) is 2. The number of benzene rings is 1. The van der Waals surface area contributed by atoms with Crippen LogP contribution in [0.5, 0.6) is 0 Å². The van der Waals surface area contributed by atoms with Crippen molar-refractivity contribution in [2.75, 3.05) is 13.1 Å². The maximum absolute atomic E-state index is 11.4. The van der Waals surface area contributed by atoms with Crippen LogP contribution in [-0.4, -0.2) is 29.1 Å². The number of fused-ring (bicyclic) bond motifs is 1. The van der Waals surface area contributed by atoms with E-state index < -0.39 is 5.97 Å². The standard InChI is InChI=1S/C15H21NO2/c1-2-3-6-9-16-10-12-7-4-5-8-13(12)14(11-16)15(17)18/h4-5,7-8,14H,2-3,6,9-11H2,1H3,(H,17,18). The summed E-state index contributed by atoms with van der Waals surface area (Å²) < 4.78 is 0. The molecule has 0 radical (unpaired) electrons. The van der Waals surface area contributed by atoms with Crippen LogP contribution in [0.15, 0.2) is 24.3 Å². The SMILES string of the molecule is CCCCCN1Cc2ccccc2C(C(=O)O)C1. The lowest BCUT2D eigenvalue weighted by atomic mass is 9.89. The molecule has 1 N–H and O–H groups in total. The molecule has 98 valence electrons. The van der Waals surface area contributed by atoms with Crippen LogP contribution in [0, 0.1) is 0 Å². The Morgan fingerprint density at radius 2 is 2.17 bits per heavy atom. The summed E-state index contributed by atoms with van der Waals surface area (Å²) in [6.45, 7) is 4.73. The van der Waals surface area contributed by atoms with Crippen molar-refractivity contribution in [3.05, 3.63) is 35.4 Å². The van der Waals surface area contributed by atoms with Gasteiger partial charge in [-0.2, -0.15) is 0 Å². The first-order valence-electron chi connectivity index (χ1n) is 6.75. The number of aliphatic carboxylic acids is 1. The Morgan fingerprint density at radius 3 is 2.89 bits per heavy atom. The van der Waals surface area contributed by atoms with Gasteiger partial charge in [0, 0.05) is 13.1 Å². The molecule has 1 aliphatic heterocycles. The molecular formula is C15H21NO2. The minimum absolute atomic E-state index is 0.364.